The highest BCUT2D eigenvalue weighted by Gasteiger charge is 2.18. The number of carbonyl (C=O) groups excluding carboxylic acids is 1. The Hall–Kier alpha value is -1.51. The molecule has 0 heterocycles. The van der Waals surface area contributed by atoms with Crippen LogP contribution in [0.25, 0.3) is 0 Å². The monoisotopic (exact) mass is 332 g/mol. The van der Waals surface area contributed by atoms with Gasteiger partial charge in [-0.1, -0.05) is 15.9 Å². The van der Waals surface area contributed by atoms with Gasteiger partial charge in [0.05, 0.1) is 18.1 Å². The number of aliphatic hydroxyl groups excluding tert-OH is 2. The van der Waals surface area contributed by atoms with E-state index in [1.165, 1.54) is 17.0 Å². The number of hydrogen-bond donors (Lipinski definition) is 2. The van der Waals surface area contributed by atoms with Gasteiger partial charge in [-0.25, -0.2) is 0 Å². The van der Waals surface area contributed by atoms with Crippen molar-refractivity contribution in [2.45, 2.75) is 0 Å². The molecule has 7 nitrogen and oxygen atoms in total. The second kappa shape index (κ2) is 7.17. The van der Waals surface area contributed by atoms with Gasteiger partial charge in [-0.3, -0.25) is 14.9 Å². The van der Waals surface area contributed by atoms with Crippen molar-refractivity contribution in [3.63, 3.8) is 0 Å². The number of hydrogen-bond acceptors (Lipinski definition) is 5. The van der Waals surface area contributed by atoms with E-state index in [4.69, 9.17) is 10.2 Å². The first-order valence-corrected chi connectivity index (χ1v) is 6.25. The van der Waals surface area contributed by atoms with Crippen LogP contribution < -0.4 is 0 Å². The van der Waals surface area contributed by atoms with E-state index < -0.39 is 10.8 Å². The first-order valence-electron chi connectivity index (χ1n) is 5.45. The standard InChI is InChI=1S/C11H13BrN2O5/c12-9-5-8(6-10(7-9)14(18)19)11(17)13(1-3-15)2-4-16/h5-7,15-16H,1-4H2. The zero-order chi connectivity index (χ0) is 14.4. The van der Waals surface area contributed by atoms with Crippen LogP contribution in [-0.2, 0) is 0 Å². The number of carbonyl (C=O) groups is 1. The second-order valence-corrected chi connectivity index (χ2v) is 4.61. The zero-order valence-electron chi connectivity index (χ0n) is 9.95. The van der Waals surface area contributed by atoms with Crippen molar-refractivity contribution < 1.29 is 19.9 Å². The quantitative estimate of drug-likeness (QED) is 0.591. The summed E-state index contributed by atoms with van der Waals surface area (Å²) in [5.74, 6) is -0.479. The highest BCUT2D eigenvalue weighted by Crippen LogP contribution is 2.22. The Morgan fingerprint density at radius 1 is 1.26 bits per heavy atom. The number of nitro benzene ring substituents is 1. The lowest BCUT2D eigenvalue weighted by Crippen LogP contribution is -2.35. The third kappa shape index (κ3) is 4.27. The molecule has 19 heavy (non-hydrogen) atoms. The maximum Gasteiger partial charge on any atom is 0.271 e. The first kappa shape index (κ1) is 15.5. The van der Waals surface area contributed by atoms with E-state index in [1.54, 1.807) is 0 Å². The Morgan fingerprint density at radius 3 is 2.32 bits per heavy atom. The molecule has 0 bridgehead atoms. The number of halogens is 1. The molecular formula is C11H13BrN2O5. The lowest BCUT2D eigenvalue weighted by molar-refractivity contribution is -0.385. The largest absolute Gasteiger partial charge is 0.395 e. The van der Waals surface area contributed by atoms with E-state index >= 15 is 0 Å². The van der Waals surface area contributed by atoms with Crippen LogP contribution >= 0.6 is 15.9 Å². The first-order chi connectivity index (χ1) is 8.99. The van der Waals surface area contributed by atoms with Crippen LogP contribution in [0.4, 0.5) is 5.69 Å². The molecule has 1 aromatic rings. The molecule has 104 valence electrons. The van der Waals surface area contributed by atoms with Gasteiger partial charge in [0, 0.05) is 35.3 Å². The summed E-state index contributed by atoms with van der Waals surface area (Å²) in [6.45, 7) is -0.386. The number of amides is 1. The predicted octanol–water partition coefficient (Wildman–Crippen LogP) is 0.784. The van der Waals surface area contributed by atoms with Crippen LogP contribution in [0.2, 0.25) is 0 Å². The molecule has 8 heteroatoms. The maximum atomic E-state index is 12.1. The molecule has 0 saturated carbocycles. The average Bonchev–Trinajstić information content (AvgIpc) is 2.37. The molecule has 0 aliphatic carbocycles. The molecule has 0 spiro atoms. The molecule has 1 amide bonds. The van der Waals surface area contributed by atoms with Gasteiger partial charge >= 0.3 is 0 Å². The molecule has 0 fully saturated rings. The van der Waals surface area contributed by atoms with Crippen molar-refractivity contribution in [2.75, 3.05) is 26.3 Å². The fourth-order valence-electron chi connectivity index (χ4n) is 1.54. The topological polar surface area (TPSA) is 104 Å². The Bertz CT molecular complexity index is 474. The zero-order valence-corrected chi connectivity index (χ0v) is 11.5. The van der Waals surface area contributed by atoms with E-state index in [0.717, 1.165) is 6.07 Å². The average molecular weight is 333 g/mol. The number of nitrogens with zero attached hydrogens (tertiary/aromatic N) is 2. The van der Waals surface area contributed by atoms with Gasteiger partial charge in [0.15, 0.2) is 0 Å². The van der Waals surface area contributed by atoms with Gasteiger partial charge < -0.3 is 15.1 Å². The smallest absolute Gasteiger partial charge is 0.271 e. The van der Waals surface area contributed by atoms with Gasteiger partial charge in [0.2, 0.25) is 0 Å². The normalized spacial score (nSPS) is 10.3. The molecule has 0 aliphatic heterocycles. The number of rotatable bonds is 6. The van der Waals surface area contributed by atoms with Crippen LogP contribution in [0.15, 0.2) is 22.7 Å². The molecular weight excluding hydrogens is 320 g/mol. The summed E-state index contributed by atoms with van der Waals surface area (Å²) in [7, 11) is 0. The molecule has 0 atom stereocenters. The molecule has 1 rings (SSSR count). The highest BCUT2D eigenvalue weighted by molar-refractivity contribution is 9.10. The summed E-state index contributed by atoms with van der Waals surface area (Å²) in [5, 5.41) is 28.5. The van der Waals surface area contributed by atoms with Gasteiger partial charge in [-0.15, -0.1) is 0 Å². The summed E-state index contributed by atoms with van der Waals surface area (Å²) in [4.78, 5) is 23.5. The van der Waals surface area contributed by atoms with Crippen LogP contribution in [0.3, 0.4) is 0 Å². The fraction of sp³-hybridized carbons (Fsp3) is 0.364. The third-order valence-corrected chi connectivity index (χ3v) is 2.83. The van der Waals surface area contributed by atoms with Gasteiger partial charge in [-0.2, -0.15) is 0 Å². The van der Waals surface area contributed by atoms with E-state index in [9.17, 15) is 14.9 Å². The minimum atomic E-state index is -0.593. The van der Waals surface area contributed by atoms with Gasteiger partial charge in [0.1, 0.15) is 0 Å². The Labute approximate surface area is 117 Å². The summed E-state index contributed by atoms with van der Waals surface area (Å²) in [6.07, 6.45) is 0. The molecule has 0 saturated heterocycles. The minimum absolute atomic E-state index is 0.0553. The van der Waals surface area contributed by atoms with Crippen molar-refractivity contribution in [2.24, 2.45) is 0 Å². The maximum absolute atomic E-state index is 12.1. The molecule has 0 aromatic heterocycles. The van der Waals surface area contributed by atoms with E-state index in [0.29, 0.717) is 4.47 Å². The molecule has 0 aliphatic rings. The molecule has 0 radical (unpaired) electrons. The SMILES string of the molecule is O=C(c1cc(Br)cc([N+](=O)[O-])c1)N(CCO)CCO. The predicted molar refractivity (Wildman–Crippen MR) is 70.9 cm³/mol. The lowest BCUT2D eigenvalue weighted by Gasteiger charge is -2.20. The molecule has 0 unspecified atom stereocenters. The van der Waals surface area contributed by atoms with Crippen molar-refractivity contribution in [1.29, 1.82) is 0 Å². The summed E-state index contributed by atoms with van der Waals surface area (Å²) >= 11 is 3.10. The number of nitro groups is 1. The minimum Gasteiger partial charge on any atom is -0.395 e. The Balaban J connectivity index is 3.06. The van der Waals surface area contributed by atoms with Crippen molar-refractivity contribution in [1.82, 2.24) is 4.90 Å². The van der Waals surface area contributed by atoms with E-state index in [-0.39, 0.29) is 37.6 Å². The number of aliphatic hydroxyl groups is 2. The Kier molecular flexibility index (Phi) is 5.87. The second-order valence-electron chi connectivity index (χ2n) is 3.69. The number of non-ortho nitro benzene ring substituents is 1. The van der Waals surface area contributed by atoms with Crippen molar-refractivity contribution >= 4 is 27.5 Å². The van der Waals surface area contributed by atoms with Gasteiger partial charge in [0.25, 0.3) is 11.6 Å². The van der Waals surface area contributed by atoms with Crippen molar-refractivity contribution in [3.05, 3.63) is 38.3 Å². The van der Waals surface area contributed by atoms with Crippen molar-refractivity contribution in [3.8, 4) is 0 Å². The molecule has 2 N–H and O–H groups in total. The highest BCUT2D eigenvalue weighted by atomic mass is 79.9. The van der Waals surface area contributed by atoms with Crippen LogP contribution in [0.1, 0.15) is 10.4 Å². The lowest BCUT2D eigenvalue weighted by atomic mass is 10.1. The Morgan fingerprint density at radius 2 is 1.84 bits per heavy atom. The number of benzene rings is 1. The summed E-state index contributed by atoms with van der Waals surface area (Å²) in [6, 6.07) is 3.91. The van der Waals surface area contributed by atoms with E-state index in [1.807, 2.05) is 0 Å². The van der Waals surface area contributed by atoms with Crippen LogP contribution in [-0.4, -0.2) is 52.2 Å². The van der Waals surface area contributed by atoms with Gasteiger partial charge in [-0.05, 0) is 6.07 Å². The van der Waals surface area contributed by atoms with Crippen LogP contribution in [0, 0.1) is 10.1 Å². The van der Waals surface area contributed by atoms with Crippen LogP contribution in [0.5, 0.6) is 0 Å². The third-order valence-electron chi connectivity index (χ3n) is 2.37. The molecule has 1 aromatic carbocycles. The fourth-order valence-corrected chi connectivity index (χ4v) is 2.02. The summed E-state index contributed by atoms with van der Waals surface area (Å²) < 4.78 is 0.415. The van der Waals surface area contributed by atoms with E-state index in [2.05, 4.69) is 15.9 Å². The summed E-state index contributed by atoms with van der Waals surface area (Å²) in [5.41, 5.74) is -0.0753.